The minimum absolute atomic E-state index is 0.139. The number of amides is 2. The minimum atomic E-state index is -0.787. The van der Waals surface area contributed by atoms with Crippen LogP contribution in [-0.4, -0.2) is 53.8 Å². The summed E-state index contributed by atoms with van der Waals surface area (Å²) in [5.41, 5.74) is 0.293. The summed E-state index contributed by atoms with van der Waals surface area (Å²) in [6, 6.07) is 8.21. The summed E-state index contributed by atoms with van der Waals surface area (Å²) in [5, 5.41) is 11.6. The van der Waals surface area contributed by atoms with Gasteiger partial charge in [0.15, 0.2) is 0 Å². The molecule has 0 unspecified atom stereocenters. The predicted molar refractivity (Wildman–Crippen MR) is 88.0 cm³/mol. The van der Waals surface area contributed by atoms with Crippen molar-refractivity contribution in [1.82, 2.24) is 10.2 Å². The summed E-state index contributed by atoms with van der Waals surface area (Å²) in [6.07, 6.45) is 0.342. The SMILES string of the molecule is CN(CCO)C(=O)N[C@@H](Cc1ccccc1)C(=O)OC(C)(C)C. The van der Waals surface area contributed by atoms with Crippen molar-refractivity contribution in [3.05, 3.63) is 35.9 Å². The fourth-order valence-corrected chi connectivity index (χ4v) is 1.93. The predicted octanol–water partition coefficient (Wildman–Crippen LogP) is 1.57. The Morgan fingerprint density at radius 2 is 1.87 bits per heavy atom. The fourth-order valence-electron chi connectivity index (χ4n) is 1.93. The van der Waals surface area contributed by atoms with Gasteiger partial charge in [-0.1, -0.05) is 30.3 Å². The van der Waals surface area contributed by atoms with Crippen LogP contribution in [0.3, 0.4) is 0 Å². The van der Waals surface area contributed by atoms with Crippen LogP contribution in [-0.2, 0) is 16.0 Å². The van der Waals surface area contributed by atoms with E-state index in [1.807, 2.05) is 30.3 Å². The molecule has 0 bridgehead atoms. The van der Waals surface area contributed by atoms with E-state index in [0.717, 1.165) is 5.56 Å². The second kappa shape index (κ2) is 8.53. The van der Waals surface area contributed by atoms with E-state index >= 15 is 0 Å². The number of nitrogens with zero attached hydrogens (tertiary/aromatic N) is 1. The Balaban J connectivity index is 2.83. The third-order valence-electron chi connectivity index (χ3n) is 3.05. The third kappa shape index (κ3) is 7.15. The number of nitrogens with one attached hydrogen (secondary N) is 1. The van der Waals surface area contributed by atoms with E-state index in [1.165, 1.54) is 4.90 Å². The number of benzene rings is 1. The average molecular weight is 322 g/mol. The van der Waals surface area contributed by atoms with Gasteiger partial charge in [0.2, 0.25) is 0 Å². The van der Waals surface area contributed by atoms with Crippen LogP contribution < -0.4 is 5.32 Å². The van der Waals surface area contributed by atoms with Crippen molar-refractivity contribution in [1.29, 1.82) is 0 Å². The highest BCUT2D eigenvalue weighted by molar-refractivity contribution is 5.84. The monoisotopic (exact) mass is 322 g/mol. The van der Waals surface area contributed by atoms with Crippen molar-refractivity contribution in [3.8, 4) is 0 Å². The molecule has 128 valence electrons. The number of carbonyl (C=O) groups excluding carboxylic acids is 2. The van der Waals surface area contributed by atoms with Gasteiger partial charge in [-0.05, 0) is 26.3 Å². The number of likely N-dealkylation sites (N-methyl/N-ethyl adjacent to an activating group) is 1. The van der Waals surface area contributed by atoms with Crippen molar-refractivity contribution < 1.29 is 19.4 Å². The lowest BCUT2D eigenvalue weighted by Crippen LogP contribution is -2.50. The molecule has 0 aromatic heterocycles. The summed E-state index contributed by atoms with van der Waals surface area (Å²) in [5.74, 6) is -0.480. The maximum Gasteiger partial charge on any atom is 0.329 e. The lowest BCUT2D eigenvalue weighted by atomic mass is 10.1. The van der Waals surface area contributed by atoms with Crippen molar-refractivity contribution >= 4 is 12.0 Å². The Morgan fingerprint density at radius 1 is 1.26 bits per heavy atom. The number of urea groups is 1. The summed E-state index contributed by atoms with van der Waals surface area (Å²) in [6.45, 7) is 5.40. The van der Waals surface area contributed by atoms with Crippen LogP contribution in [0.25, 0.3) is 0 Å². The molecule has 2 amide bonds. The van der Waals surface area contributed by atoms with Gasteiger partial charge in [0.05, 0.1) is 6.61 Å². The second-order valence-electron chi connectivity index (χ2n) is 6.37. The quantitative estimate of drug-likeness (QED) is 0.779. The number of ether oxygens (including phenoxy) is 1. The van der Waals surface area contributed by atoms with E-state index in [2.05, 4.69) is 5.32 Å². The van der Waals surface area contributed by atoms with E-state index in [1.54, 1.807) is 27.8 Å². The topological polar surface area (TPSA) is 78.9 Å². The molecular formula is C17H26N2O4. The molecule has 23 heavy (non-hydrogen) atoms. The van der Waals surface area contributed by atoms with Crippen LogP contribution in [0.4, 0.5) is 4.79 Å². The van der Waals surface area contributed by atoms with Crippen LogP contribution in [0.5, 0.6) is 0 Å². The maximum absolute atomic E-state index is 12.4. The van der Waals surface area contributed by atoms with E-state index in [9.17, 15) is 9.59 Å². The zero-order valence-electron chi connectivity index (χ0n) is 14.2. The Hall–Kier alpha value is -2.08. The van der Waals surface area contributed by atoms with Crippen molar-refractivity contribution in [2.45, 2.75) is 38.8 Å². The lowest BCUT2D eigenvalue weighted by Gasteiger charge is -2.26. The zero-order valence-corrected chi connectivity index (χ0v) is 14.2. The number of esters is 1. The van der Waals surface area contributed by atoms with Gasteiger partial charge < -0.3 is 20.1 Å². The Morgan fingerprint density at radius 3 is 2.39 bits per heavy atom. The Bertz CT molecular complexity index is 511. The molecule has 1 atom stereocenters. The highest BCUT2D eigenvalue weighted by Gasteiger charge is 2.27. The largest absolute Gasteiger partial charge is 0.458 e. The zero-order chi connectivity index (χ0) is 17.5. The highest BCUT2D eigenvalue weighted by atomic mass is 16.6. The fraction of sp³-hybridized carbons (Fsp3) is 0.529. The van der Waals surface area contributed by atoms with Crippen molar-refractivity contribution in [3.63, 3.8) is 0 Å². The van der Waals surface area contributed by atoms with Crippen LogP contribution >= 0.6 is 0 Å². The number of carbonyl (C=O) groups is 2. The molecule has 0 aliphatic heterocycles. The summed E-state index contributed by atoms with van der Waals surface area (Å²) >= 11 is 0. The number of aliphatic hydroxyl groups is 1. The molecule has 0 heterocycles. The first-order chi connectivity index (χ1) is 10.7. The smallest absolute Gasteiger partial charge is 0.329 e. The molecule has 0 saturated heterocycles. The van der Waals surface area contributed by atoms with E-state index < -0.39 is 23.6 Å². The van der Waals surface area contributed by atoms with Gasteiger partial charge in [-0.2, -0.15) is 0 Å². The van der Waals surface area contributed by atoms with Gasteiger partial charge >= 0.3 is 12.0 Å². The Kier molecular flexibility index (Phi) is 7.03. The van der Waals surface area contributed by atoms with E-state index in [0.29, 0.717) is 6.42 Å². The molecule has 0 aliphatic carbocycles. The molecule has 6 heteroatoms. The van der Waals surface area contributed by atoms with Gasteiger partial charge in [0.1, 0.15) is 11.6 Å². The summed E-state index contributed by atoms with van der Waals surface area (Å²) in [7, 11) is 1.56. The van der Waals surface area contributed by atoms with Crippen LogP contribution in [0.15, 0.2) is 30.3 Å². The van der Waals surface area contributed by atoms with Crippen LogP contribution in [0, 0.1) is 0 Å². The minimum Gasteiger partial charge on any atom is -0.458 e. The Labute approximate surface area is 137 Å². The summed E-state index contributed by atoms with van der Waals surface area (Å²) < 4.78 is 5.39. The van der Waals surface area contributed by atoms with Gasteiger partial charge in [-0.3, -0.25) is 0 Å². The first-order valence-electron chi connectivity index (χ1n) is 7.62. The maximum atomic E-state index is 12.4. The van der Waals surface area contributed by atoms with Gasteiger partial charge in [-0.15, -0.1) is 0 Å². The number of aliphatic hydroxyl groups excluding tert-OH is 1. The molecular weight excluding hydrogens is 296 g/mol. The standard InChI is InChI=1S/C17H26N2O4/c1-17(2,3)23-15(21)14(12-13-8-6-5-7-9-13)18-16(22)19(4)10-11-20/h5-9,14,20H,10-12H2,1-4H3,(H,18,22)/t14-/m0/s1. The van der Waals surface area contributed by atoms with E-state index in [4.69, 9.17) is 9.84 Å². The van der Waals surface area contributed by atoms with Crippen LogP contribution in [0.2, 0.25) is 0 Å². The first kappa shape index (κ1) is 19.0. The number of hydrogen-bond donors (Lipinski definition) is 2. The molecule has 0 aliphatic rings. The molecule has 1 rings (SSSR count). The molecule has 1 aromatic rings. The molecule has 0 spiro atoms. The molecule has 0 fully saturated rings. The van der Waals surface area contributed by atoms with E-state index in [-0.39, 0.29) is 13.2 Å². The molecule has 1 aromatic carbocycles. The third-order valence-corrected chi connectivity index (χ3v) is 3.05. The molecule has 0 saturated carbocycles. The van der Waals surface area contributed by atoms with Gasteiger partial charge in [0.25, 0.3) is 0 Å². The molecule has 6 nitrogen and oxygen atoms in total. The van der Waals surface area contributed by atoms with Crippen molar-refractivity contribution in [2.75, 3.05) is 20.2 Å². The number of rotatable bonds is 6. The first-order valence-corrected chi connectivity index (χ1v) is 7.62. The van der Waals surface area contributed by atoms with Gasteiger partial charge in [-0.25, -0.2) is 9.59 Å². The van der Waals surface area contributed by atoms with Crippen LogP contribution in [0.1, 0.15) is 26.3 Å². The van der Waals surface area contributed by atoms with Gasteiger partial charge in [0, 0.05) is 20.0 Å². The highest BCUT2D eigenvalue weighted by Crippen LogP contribution is 2.11. The number of hydrogen-bond acceptors (Lipinski definition) is 4. The summed E-state index contributed by atoms with van der Waals surface area (Å²) in [4.78, 5) is 25.8. The lowest BCUT2D eigenvalue weighted by molar-refractivity contribution is -0.157. The normalized spacial score (nSPS) is 12.4. The van der Waals surface area contributed by atoms with Crippen molar-refractivity contribution in [2.24, 2.45) is 0 Å². The molecule has 2 N–H and O–H groups in total. The average Bonchev–Trinajstić information content (AvgIpc) is 2.46. The molecule has 0 radical (unpaired) electrons. The second-order valence-corrected chi connectivity index (χ2v) is 6.37.